The number of nitrogens with one attached hydrogen (secondary N) is 2. The number of benzene rings is 1. The minimum absolute atomic E-state index is 0.173. The summed E-state index contributed by atoms with van der Waals surface area (Å²) in [7, 11) is 0. The molecular formula is C15H15F2N3O2S. The Balaban J connectivity index is 2.22. The molecule has 0 atom stereocenters. The average molecular weight is 339 g/mol. The van der Waals surface area contributed by atoms with Crippen LogP contribution in [0.3, 0.4) is 0 Å². The molecule has 1 heterocycles. The first-order valence-electron chi connectivity index (χ1n) is 6.78. The standard InChI is InChI=1S/C15H15F2N3O2S/c1-3-9-7(2)23-14(12(9)13(18)21)20-15(22)19-11-5-4-8(16)6-10(11)17/h4-6H,3H2,1-2H3,(H2,18,21)(H2,19,20,22). The summed E-state index contributed by atoms with van der Waals surface area (Å²) < 4.78 is 26.4. The summed E-state index contributed by atoms with van der Waals surface area (Å²) in [4.78, 5) is 24.4. The van der Waals surface area contributed by atoms with E-state index in [1.54, 1.807) is 0 Å². The number of thiophene rings is 1. The van der Waals surface area contributed by atoms with Crippen molar-refractivity contribution in [2.45, 2.75) is 20.3 Å². The fraction of sp³-hybridized carbons (Fsp3) is 0.200. The van der Waals surface area contributed by atoms with Gasteiger partial charge in [-0.2, -0.15) is 0 Å². The molecule has 0 unspecified atom stereocenters. The summed E-state index contributed by atoms with van der Waals surface area (Å²) in [5.74, 6) is -2.28. The molecule has 2 aromatic rings. The summed E-state index contributed by atoms with van der Waals surface area (Å²) in [6.45, 7) is 3.69. The first kappa shape index (κ1) is 16.9. The maximum absolute atomic E-state index is 13.5. The predicted octanol–water partition coefficient (Wildman–Crippen LogP) is 3.64. The van der Waals surface area contributed by atoms with Crippen LogP contribution in [0.25, 0.3) is 0 Å². The second-order valence-electron chi connectivity index (χ2n) is 4.76. The molecule has 0 aliphatic heterocycles. The lowest BCUT2D eigenvalue weighted by molar-refractivity contribution is 0.100. The van der Waals surface area contributed by atoms with Crippen LogP contribution in [0.2, 0.25) is 0 Å². The maximum Gasteiger partial charge on any atom is 0.324 e. The highest BCUT2D eigenvalue weighted by Crippen LogP contribution is 2.33. The number of anilines is 2. The molecule has 8 heteroatoms. The van der Waals surface area contributed by atoms with Gasteiger partial charge in [-0.25, -0.2) is 13.6 Å². The van der Waals surface area contributed by atoms with Crippen molar-refractivity contribution in [3.63, 3.8) is 0 Å². The first-order chi connectivity index (χ1) is 10.8. The van der Waals surface area contributed by atoms with Gasteiger partial charge < -0.3 is 11.1 Å². The number of halogens is 2. The Morgan fingerprint density at radius 3 is 2.52 bits per heavy atom. The zero-order valence-electron chi connectivity index (χ0n) is 12.5. The summed E-state index contributed by atoms with van der Waals surface area (Å²) in [5.41, 5.74) is 6.22. The smallest absolute Gasteiger partial charge is 0.324 e. The van der Waals surface area contributed by atoms with Crippen molar-refractivity contribution in [2.24, 2.45) is 5.73 Å². The lowest BCUT2D eigenvalue weighted by Gasteiger charge is -2.08. The Kier molecular flexibility index (Phi) is 4.95. The van der Waals surface area contributed by atoms with Crippen LogP contribution >= 0.6 is 11.3 Å². The van der Waals surface area contributed by atoms with E-state index in [1.165, 1.54) is 11.3 Å². The molecule has 5 nitrogen and oxygen atoms in total. The Bertz CT molecular complexity index is 774. The first-order valence-corrected chi connectivity index (χ1v) is 7.60. The molecule has 0 radical (unpaired) electrons. The van der Waals surface area contributed by atoms with E-state index in [1.807, 2.05) is 13.8 Å². The second-order valence-corrected chi connectivity index (χ2v) is 5.99. The molecule has 4 N–H and O–H groups in total. The van der Waals surface area contributed by atoms with Crippen LogP contribution in [0.15, 0.2) is 18.2 Å². The van der Waals surface area contributed by atoms with Crippen LogP contribution < -0.4 is 16.4 Å². The molecule has 23 heavy (non-hydrogen) atoms. The second kappa shape index (κ2) is 6.74. The number of nitrogens with two attached hydrogens (primary N) is 1. The third kappa shape index (κ3) is 3.65. The van der Waals surface area contributed by atoms with Crippen molar-refractivity contribution in [2.75, 3.05) is 10.6 Å². The van der Waals surface area contributed by atoms with E-state index in [-0.39, 0.29) is 11.3 Å². The van der Waals surface area contributed by atoms with Crippen LogP contribution in [0, 0.1) is 18.6 Å². The van der Waals surface area contributed by atoms with Gasteiger partial charge in [0.2, 0.25) is 0 Å². The van der Waals surface area contributed by atoms with Crippen LogP contribution in [0.4, 0.5) is 24.3 Å². The highest BCUT2D eigenvalue weighted by molar-refractivity contribution is 7.16. The number of hydrogen-bond acceptors (Lipinski definition) is 3. The third-order valence-corrected chi connectivity index (χ3v) is 4.28. The maximum atomic E-state index is 13.5. The van der Waals surface area contributed by atoms with Gasteiger partial charge >= 0.3 is 6.03 Å². The number of carbonyl (C=O) groups excluding carboxylic acids is 2. The topological polar surface area (TPSA) is 84.2 Å². The normalized spacial score (nSPS) is 10.4. The highest BCUT2D eigenvalue weighted by atomic mass is 32.1. The number of rotatable bonds is 4. The Morgan fingerprint density at radius 1 is 1.26 bits per heavy atom. The molecular weight excluding hydrogens is 324 g/mol. The van der Waals surface area contributed by atoms with Gasteiger partial charge in [0.05, 0.1) is 11.3 Å². The van der Waals surface area contributed by atoms with Crippen LogP contribution in [0.5, 0.6) is 0 Å². The molecule has 0 saturated heterocycles. The van der Waals surface area contributed by atoms with Gasteiger partial charge in [0.15, 0.2) is 0 Å². The van der Waals surface area contributed by atoms with Crippen molar-refractivity contribution in [1.29, 1.82) is 0 Å². The zero-order valence-corrected chi connectivity index (χ0v) is 13.3. The number of amides is 3. The molecule has 0 fully saturated rings. The van der Waals surface area contributed by atoms with E-state index < -0.39 is 23.6 Å². The van der Waals surface area contributed by atoms with E-state index in [0.29, 0.717) is 17.5 Å². The van der Waals surface area contributed by atoms with Crippen molar-refractivity contribution in [3.05, 3.63) is 45.8 Å². The van der Waals surface area contributed by atoms with E-state index in [4.69, 9.17) is 5.73 Å². The summed E-state index contributed by atoms with van der Waals surface area (Å²) in [6, 6.07) is 2.05. The van der Waals surface area contributed by atoms with E-state index in [2.05, 4.69) is 10.6 Å². The molecule has 0 aliphatic rings. The fourth-order valence-corrected chi connectivity index (χ4v) is 3.35. The average Bonchev–Trinajstić information content (AvgIpc) is 2.77. The number of urea groups is 1. The van der Waals surface area contributed by atoms with Crippen molar-refractivity contribution < 1.29 is 18.4 Å². The van der Waals surface area contributed by atoms with Gasteiger partial charge in [-0.3, -0.25) is 10.1 Å². The quantitative estimate of drug-likeness (QED) is 0.794. The monoisotopic (exact) mass is 339 g/mol. The zero-order chi connectivity index (χ0) is 17.1. The number of aryl methyl sites for hydroxylation is 1. The molecule has 2 rings (SSSR count). The SMILES string of the molecule is CCc1c(C)sc(NC(=O)Nc2ccc(F)cc2F)c1C(N)=O. The highest BCUT2D eigenvalue weighted by Gasteiger charge is 2.20. The molecule has 122 valence electrons. The molecule has 1 aromatic carbocycles. The van der Waals surface area contributed by atoms with Crippen LogP contribution in [-0.4, -0.2) is 11.9 Å². The lowest BCUT2D eigenvalue weighted by atomic mass is 10.1. The van der Waals surface area contributed by atoms with Crippen molar-refractivity contribution >= 4 is 34.0 Å². The molecule has 1 aromatic heterocycles. The van der Waals surface area contributed by atoms with E-state index >= 15 is 0 Å². The molecule has 0 spiro atoms. The lowest BCUT2D eigenvalue weighted by Crippen LogP contribution is -2.22. The largest absolute Gasteiger partial charge is 0.365 e. The van der Waals surface area contributed by atoms with Crippen LogP contribution in [-0.2, 0) is 6.42 Å². The van der Waals surface area contributed by atoms with Gasteiger partial charge in [0.1, 0.15) is 16.6 Å². The molecule has 0 saturated carbocycles. The van der Waals surface area contributed by atoms with Gasteiger partial charge in [-0.05, 0) is 31.0 Å². The Morgan fingerprint density at radius 2 is 1.96 bits per heavy atom. The number of primary amides is 1. The number of carbonyl (C=O) groups is 2. The van der Waals surface area contributed by atoms with Gasteiger partial charge in [0, 0.05) is 10.9 Å². The molecule has 0 aliphatic carbocycles. The fourth-order valence-electron chi connectivity index (χ4n) is 2.20. The summed E-state index contributed by atoms with van der Waals surface area (Å²) in [6.07, 6.45) is 0.594. The van der Waals surface area contributed by atoms with E-state index in [0.717, 1.165) is 22.6 Å². The minimum Gasteiger partial charge on any atom is -0.365 e. The summed E-state index contributed by atoms with van der Waals surface area (Å²) in [5, 5.41) is 5.04. The predicted molar refractivity (Wildman–Crippen MR) is 86.0 cm³/mol. The van der Waals surface area contributed by atoms with Crippen molar-refractivity contribution in [3.8, 4) is 0 Å². The Labute approximate surface area is 135 Å². The van der Waals surface area contributed by atoms with Gasteiger partial charge in [-0.15, -0.1) is 11.3 Å². The molecule has 3 amide bonds. The van der Waals surface area contributed by atoms with Crippen LogP contribution in [0.1, 0.15) is 27.7 Å². The Hall–Kier alpha value is -2.48. The summed E-state index contributed by atoms with van der Waals surface area (Å²) >= 11 is 1.21. The van der Waals surface area contributed by atoms with Gasteiger partial charge in [-0.1, -0.05) is 6.92 Å². The molecule has 0 bridgehead atoms. The minimum atomic E-state index is -0.896. The number of hydrogen-bond donors (Lipinski definition) is 3. The van der Waals surface area contributed by atoms with E-state index in [9.17, 15) is 18.4 Å². The van der Waals surface area contributed by atoms with Gasteiger partial charge in [0.25, 0.3) is 5.91 Å². The van der Waals surface area contributed by atoms with Crippen molar-refractivity contribution in [1.82, 2.24) is 0 Å². The third-order valence-electron chi connectivity index (χ3n) is 3.22.